The van der Waals surface area contributed by atoms with Gasteiger partial charge in [0.05, 0.1) is 20.0 Å². The summed E-state index contributed by atoms with van der Waals surface area (Å²) in [6.45, 7) is 0.561. The number of benzene rings is 1. The highest BCUT2D eigenvalue weighted by atomic mass is 19.4. The molecule has 53 heavy (non-hydrogen) atoms. The fraction of sp³-hybridized carbons (Fsp3) is 0.484. The first-order chi connectivity index (χ1) is 25.0. The van der Waals surface area contributed by atoms with Crippen molar-refractivity contribution in [1.82, 2.24) is 24.8 Å². The Bertz CT molecular complexity index is 1770. The van der Waals surface area contributed by atoms with Gasteiger partial charge >= 0.3 is 30.4 Å². The van der Waals surface area contributed by atoms with Gasteiger partial charge in [0.1, 0.15) is 12.4 Å². The van der Waals surface area contributed by atoms with Crippen LogP contribution in [0.1, 0.15) is 49.7 Å². The van der Waals surface area contributed by atoms with Gasteiger partial charge in [0.15, 0.2) is 47.9 Å². The number of methoxy groups -OCH3 is 1. The number of halogens is 6. The summed E-state index contributed by atoms with van der Waals surface area (Å²) in [5.41, 5.74) is 0.440. The van der Waals surface area contributed by atoms with Crippen molar-refractivity contribution < 1.29 is 69.2 Å². The summed E-state index contributed by atoms with van der Waals surface area (Å²) in [5, 5.41) is 4.91. The molecule has 6 atom stereocenters. The largest absolute Gasteiger partial charge is 0.573 e. The standard InChI is InChI=1S/C31H33F6N7O9/c1-16(45)51-23-21(11-19(38-12-30(32,33)34)9-10-20(29(48)49-3)42-15-50-31(35,36)37)53-28(24(23)52-17(2)46)44-14-41-22-25(39-13-40-26(22)44)43-27(47)18-7-5-4-6-8-18/h4-8,13-15,19-21,23-24,28,38H,9-12H2,1-3H3,(H,39,40,43,47)/t19-,20-,21+,23?,24?,28+/m0/s1. The van der Waals surface area contributed by atoms with Crippen molar-refractivity contribution in [2.75, 3.05) is 19.0 Å². The van der Waals surface area contributed by atoms with E-state index in [1.807, 2.05) is 0 Å². The van der Waals surface area contributed by atoms with Crippen molar-refractivity contribution in [1.29, 1.82) is 0 Å². The quantitative estimate of drug-likeness (QED) is 0.0750. The van der Waals surface area contributed by atoms with Crippen LogP contribution in [0.2, 0.25) is 0 Å². The number of ether oxygens (including phenoxy) is 5. The number of nitrogens with one attached hydrogen (secondary N) is 2. The molecule has 2 aromatic heterocycles. The molecule has 0 saturated carbocycles. The van der Waals surface area contributed by atoms with Crippen LogP contribution in [0.25, 0.3) is 11.2 Å². The van der Waals surface area contributed by atoms with Crippen molar-refractivity contribution in [3.05, 3.63) is 48.5 Å². The Morgan fingerprint density at radius 3 is 2.28 bits per heavy atom. The topological polar surface area (TPSA) is 194 Å². The molecule has 3 aromatic rings. The number of anilines is 1. The smallest absolute Gasteiger partial charge is 0.467 e. The van der Waals surface area contributed by atoms with Crippen molar-refractivity contribution in [2.24, 2.45) is 4.99 Å². The van der Waals surface area contributed by atoms with Gasteiger partial charge in [-0.15, -0.1) is 13.2 Å². The maximum atomic E-state index is 13.4. The number of carbonyl (C=O) groups is 4. The number of aliphatic imine (C=N–C) groups is 1. The molecule has 2 unspecified atom stereocenters. The highest BCUT2D eigenvalue weighted by Gasteiger charge is 2.51. The lowest BCUT2D eigenvalue weighted by Crippen LogP contribution is -2.44. The molecule has 1 fully saturated rings. The van der Waals surface area contributed by atoms with Crippen LogP contribution < -0.4 is 10.6 Å². The number of esters is 3. The summed E-state index contributed by atoms with van der Waals surface area (Å²) in [6.07, 6.45) is -14.2. The van der Waals surface area contributed by atoms with E-state index >= 15 is 0 Å². The summed E-state index contributed by atoms with van der Waals surface area (Å²) in [5.74, 6) is -3.33. The Kier molecular flexibility index (Phi) is 13.3. The second kappa shape index (κ2) is 17.4. The van der Waals surface area contributed by atoms with Gasteiger partial charge in [-0.25, -0.2) is 24.7 Å². The van der Waals surface area contributed by atoms with Crippen LogP contribution in [0.5, 0.6) is 0 Å². The number of hydrogen-bond donors (Lipinski definition) is 2. The maximum absolute atomic E-state index is 13.4. The number of nitrogens with zero attached hydrogens (tertiary/aromatic N) is 5. The third-order valence-electron chi connectivity index (χ3n) is 7.59. The molecule has 1 aliphatic heterocycles. The first kappa shape index (κ1) is 40.4. The lowest BCUT2D eigenvalue weighted by Gasteiger charge is -2.27. The Labute approximate surface area is 296 Å². The van der Waals surface area contributed by atoms with Gasteiger partial charge < -0.3 is 34.3 Å². The van der Waals surface area contributed by atoms with E-state index in [0.717, 1.165) is 27.3 Å². The highest BCUT2D eigenvalue weighted by molar-refractivity contribution is 6.06. The summed E-state index contributed by atoms with van der Waals surface area (Å²) >= 11 is 0. The van der Waals surface area contributed by atoms with Crippen molar-refractivity contribution in [2.45, 2.75) is 82.3 Å². The van der Waals surface area contributed by atoms with E-state index in [9.17, 15) is 45.5 Å². The van der Waals surface area contributed by atoms with E-state index in [1.54, 1.807) is 30.3 Å². The van der Waals surface area contributed by atoms with Crippen LogP contribution in [0, 0.1) is 0 Å². The minimum absolute atomic E-state index is 0.00223. The molecule has 22 heteroatoms. The Balaban J connectivity index is 1.66. The normalized spacial score (nSPS) is 20.2. The number of hydrogen-bond acceptors (Lipinski definition) is 14. The van der Waals surface area contributed by atoms with Gasteiger partial charge in [0.2, 0.25) is 0 Å². The molecule has 0 spiro atoms. The monoisotopic (exact) mass is 761 g/mol. The summed E-state index contributed by atoms with van der Waals surface area (Å²) in [6, 6.07) is 5.35. The van der Waals surface area contributed by atoms with E-state index in [1.165, 1.54) is 10.9 Å². The predicted molar refractivity (Wildman–Crippen MR) is 168 cm³/mol. The van der Waals surface area contributed by atoms with E-state index < -0.39 is 85.9 Å². The SMILES string of the molecule is COC(=O)[C@H](CC[C@@H](C[C@H]1O[C@@H](n2cnc3c(NC(=O)c4ccccc4)ncnc32)C(OC(C)=O)C1OC(C)=O)NCC(F)(F)F)N=COC(F)(F)F. The molecular weight excluding hydrogens is 728 g/mol. The number of alkyl halides is 6. The number of fused-ring (bicyclic) bond motifs is 1. The fourth-order valence-corrected chi connectivity index (χ4v) is 5.43. The lowest BCUT2D eigenvalue weighted by molar-refractivity contribution is -0.280. The van der Waals surface area contributed by atoms with E-state index in [0.29, 0.717) is 5.56 Å². The van der Waals surface area contributed by atoms with Crippen LogP contribution in [0.4, 0.5) is 32.2 Å². The predicted octanol–water partition coefficient (Wildman–Crippen LogP) is 3.64. The van der Waals surface area contributed by atoms with Crippen LogP contribution in [-0.2, 0) is 38.1 Å². The van der Waals surface area contributed by atoms with Crippen LogP contribution in [0.3, 0.4) is 0 Å². The second-order valence-corrected chi connectivity index (χ2v) is 11.4. The number of amides is 1. The first-order valence-corrected chi connectivity index (χ1v) is 15.6. The van der Waals surface area contributed by atoms with Gasteiger partial charge in [0, 0.05) is 25.5 Å². The van der Waals surface area contributed by atoms with Gasteiger partial charge in [-0.05, 0) is 31.4 Å². The molecular formula is C31H33F6N7O9. The molecule has 0 aliphatic carbocycles. The zero-order valence-electron chi connectivity index (χ0n) is 28.1. The zero-order chi connectivity index (χ0) is 38.9. The molecule has 2 N–H and O–H groups in total. The number of carbonyl (C=O) groups excluding carboxylic acids is 4. The molecule has 1 aromatic carbocycles. The summed E-state index contributed by atoms with van der Waals surface area (Å²) in [7, 11) is 0.936. The third kappa shape index (κ3) is 11.6. The van der Waals surface area contributed by atoms with Gasteiger partial charge in [0.25, 0.3) is 5.91 Å². The maximum Gasteiger partial charge on any atom is 0.573 e. The van der Waals surface area contributed by atoms with Crippen molar-refractivity contribution >= 4 is 47.2 Å². The molecule has 1 aliphatic rings. The lowest BCUT2D eigenvalue weighted by atomic mass is 9.97. The van der Waals surface area contributed by atoms with Crippen molar-refractivity contribution in [3.8, 4) is 0 Å². The molecule has 3 heterocycles. The Hall–Kier alpha value is -5.38. The van der Waals surface area contributed by atoms with Gasteiger partial charge in [-0.2, -0.15) is 13.2 Å². The fourth-order valence-electron chi connectivity index (χ4n) is 5.43. The molecule has 1 saturated heterocycles. The van der Waals surface area contributed by atoms with Gasteiger partial charge in [-0.3, -0.25) is 19.0 Å². The first-order valence-electron chi connectivity index (χ1n) is 15.6. The third-order valence-corrected chi connectivity index (χ3v) is 7.59. The Morgan fingerprint density at radius 2 is 1.66 bits per heavy atom. The van der Waals surface area contributed by atoms with E-state index in [-0.39, 0.29) is 36.2 Å². The molecule has 0 radical (unpaired) electrons. The van der Waals surface area contributed by atoms with Crippen LogP contribution >= 0.6 is 0 Å². The van der Waals surface area contributed by atoms with E-state index in [4.69, 9.17) is 14.2 Å². The zero-order valence-corrected chi connectivity index (χ0v) is 28.1. The number of rotatable bonds is 15. The molecule has 16 nitrogen and oxygen atoms in total. The summed E-state index contributed by atoms with van der Waals surface area (Å²) < 4.78 is 104. The van der Waals surface area contributed by atoms with Crippen LogP contribution in [-0.4, -0.2) is 106 Å². The van der Waals surface area contributed by atoms with Crippen LogP contribution in [0.15, 0.2) is 48.0 Å². The van der Waals surface area contributed by atoms with Gasteiger partial charge in [-0.1, -0.05) is 18.2 Å². The highest BCUT2D eigenvalue weighted by Crippen LogP contribution is 2.38. The minimum atomic E-state index is -5.12. The van der Waals surface area contributed by atoms with Crippen molar-refractivity contribution in [3.63, 3.8) is 0 Å². The van der Waals surface area contributed by atoms with E-state index in [2.05, 4.69) is 40.1 Å². The average Bonchev–Trinajstić information content (AvgIpc) is 3.65. The Morgan fingerprint density at radius 1 is 0.981 bits per heavy atom. The number of aromatic nitrogens is 4. The molecule has 288 valence electrons. The molecule has 1 amide bonds. The number of imidazole rings is 1. The average molecular weight is 762 g/mol. The summed E-state index contributed by atoms with van der Waals surface area (Å²) in [4.78, 5) is 65.6. The minimum Gasteiger partial charge on any atom is -0.467 e. The second-order valence-electron chi connectivity index (χ2n) is 11.4. The molecule has 4 rings (SSSR count). The molecule has 0 bridgehead atoms.